The molecule has 0 spiro atoms. The Morgan fingerprint density at radius 3 is 2.11 bits per heavy atom. The van der Waals surface area contributed by atoms with Crippen LogP contribution in [0.1, 0.15) is 60.7 Å². The average Bonchev–Trinajstić information content (AvgIpc) is 2.87. The number of likely N-dealkylation sites (tertiary alicyclic amines) is 1. The molecular formula is C21H29N3O3. The molecule has 2 heterocycles. The van der Waals surface area contributed by atoms with Crippen LogP contribution >= 0.6 is 0 Å². The van der Waals surface area contributed by atoms with E-state index in [9.17, 15) is 14.4 Å². The Hall–Kier alpha value is -2.21. The molecule has 3 rings (SSSR count). The molecule has 1 saturated heterocycles. The molecule has 2 aliphatic rings. The van der Waals surface area contributed by atoms with Crippen molar-refractivity contribution >= 4 is 17.7 Å². The molecule has 0 aromatic heterocycles. The molecule has 0 aliphatic carbocycles. The fraction of sp³-hybridized carbons (Fsp3) is 0.571. The van der Waals surface area contributed by atoms with Gasteiger partial charge in [-0.05, 0) is 37.9 Å². The Labute approximate surface area is 160 Å². The van der Waals surface area contributed by atoms with Gasteiger partial charge >= 0.3 is 0 Å². The minimum atomic E-state index is -0.358. The second kappa shape index (κ2) is 7.80. The van der Waals surface area contributed by atoms with Crippen molar-refractivity contribution in [3.8, 4) is 0 Å². The van der Waals surface area contributed by atoms with Gasteiger partial charge in [-0.1, -0.05) is 32.9 Å². The summed E-state index contributed by atoms with van der Waals surface area (Å²) < 4.78 is 0. The third-order valence-electron chi connectivity index (χ3n) is 5.34. The first kappa shape index (κ1) is 19.5. The normalized spacial score (nSPS) is 18.7. The summed E-state index contributed by atoms with van der Waals surface area (Å²) in [5.41, 5.74) is 0.666. The van der Waals surface area contributed by atoms with Crippen LogP contribution in [0.15, 0.2) is 24.3 Å². The van der Waals surface area contributed by atoms with E-state index in [1.807, 2.05) is 20.8 Å². The predicted molar refractivity (Wildman–Crippen MR) is 103 cm³/mol. The lowest BCUT2D eigenvalue weighted by atomic mass is 9.94. The fourth-order valence-corrected chi connectivity index (χ4v) is 3.60. The van der Waals surface area contributed by atoms with Gasteiger partial charge in [0.2, 0.25) is 5.91 Å². The van der Waals surface area contributed by atoms with E-state index in [1.54, 1.807) is 24.3 Å². The van der Waals surface area contributed by atoms with Gasteiger partial charge in [0.15, 0.2) is 0 Å². The van der Waals surface area contributed by atoms with Crippen LogP contribution in [0, 0.1) is 5.41 Å². The molecule has 0 saturated carbocycles. The first-order valence-corrected chi connectivity index (χ1v) is 9.76. The van der Waals surface area contributed by atoms with Gasteiger partial charge in [-0.2, -0.15) is 0 Å². The molecule has 0 unspecified atom stereocenters. The highest BCUT2D eigenvalue weighted by molar-refractivity contribution is 6.21. The Morgan fingerprint density at radius 2 is 1.59 bits per heavy atom. The first-order valence-electron chi connectivity index (χ1n) is 9.76. The van der Waals surface area contributed by atoms with E-state index in [0.717, 1.165) is 38.9 Å². The zero-order valence-corrected chi connectivity index (χ0v) is 16.5. The summed E-state index contributed by atoms with van der Waals surface area (Å²) in [4.78, 5) is 40.5. The minimum absolute atomic E-state index is 0.103. The Kier molecular flexibility index (Phi) is 5.65. The summed E-state index contributed by atoms with van der Waals surface area (Å²) in [6, 6.07) is 7.24. The molecule has 0 atom stereocenters. The zero-order valence-electron chi connectivity index (χ0n) is 16.5. The van der Waals surface area contributed by atoms with E-state index >= 15 is 0 Å². The van der Waals surface area contributed by atoms with Gasteiger partial charge in [0.25, 0.3) is 11.8 Å². The number of piperidine rings is 1. The van der Waals surface area contributed by atoms with Crippen molar-refractivity contribution in [2.24, 2.45) is 5.41 Å². The van der Waals surface area contributed by atoms with E-state index in [0.29, 0.717) is 17.7 Å². The van der Waals surface area contributed by atoms with Gasteiger partial charge in [-0.25, -0.2) is 0 Å². The quantitative estimate of drug-likeness (QED) is 0.807. The van der Waals surface area contributed by atoms with Crippen molar-refractivity contribution in [1.29, 1.82) is 0 Å². The molecule has 6 nitrogen and oxygen atoms in total. The van der Waals surface area contributed by atoms with Crippen molar-refractivity contribution in [3.05, 3.63) is 35.4 Å². The number of hydrogen-bond donors (Lipinski definition) is 1. The third-order valence-corrected chi connectivity index (χ3v) is 5.34. The predicted octanol–water partition coefficient (Wildman–Crippen LogP) is 2.30. The number of imide groups is 1. The molecule has 2 aliphatic heterocycles. The van der Waals surface area contributed by atoms with E-state index in [-0.39, 0.29) is 29.2 Å². The Balaban J connectivity index is 1.41. The van der Waals surface area contributed by atoms with E-state index in [2.05, 4.69) is 10.2 Å². The Morgan fingerprint density at radius 1 is 1.04 bits per heavy atom. The zero-order chi connectivity index (χ0) is 19.6. The maximum atomic E-state index is 12.4. The summed E-state index contributed by atoms with van der Waals surface area (Å²) in [6.45, 7) is 8.94. The van der Waals surface area contributed by atoms with Gasteiger partial charge in [0.1, 0.15) is 0 Å². The number of fused-ring (bicyclic) bond motifs is 1. The third kappa shape index (κ3) is 4.38. The van der Waals surface area contributed by atoms with Crippen molar-refractivity contribution in [2.75, 3.05) is 26.2 Å². The lowest BCUT2D eigenvalue weighted by molar-refractivity contribution is -0.129. The molecule has 146 valence electrons. The van der Waals surface area contributed by atoms with Crippen LogP contribution in [0.5, 0.6) is 0 Å². The maximum absolute atomic E-state index is 12.4. The molecule has 1 aromatic rings. The summed E-state index contributed by atoms with van der Waals surface area (Å²) in [7, 11) is 0. The summed E-state index contributed by atoms with van der Waals surface area (Å²) in [5.74, 6) is -0.259. The summed E-state index contributed by atoms with van der Waals surface area (Å²) in [6.07, 6.45) is 2.65. The molecule has 0 radical (unpaired) electrons. The molecule has 1 fully saturated rings. The average molecular weight is 371 g/mol. The van der Waals surface area contributed by atoms with Gasteiger partial charge < -0.3 is 10.2 Å². The minimum Gasteiger partial charge on any atom is -0.353 e. The number of nitrogens with one attached hydrogen (secondary N) is 1. The van der Waals surface area contributed by atoms with Gasteiger partial charge in [0.05, 0.1) is 11.1 Å². The molecule has 1 N–H and O–H groups in total. The number of amides is 3. The summed E-state index contributed by atoms with van der Waals surface area (Å²) in [5, 5.41) is 3.14. The van der Waals surface area contributed by atoms with Crippen LogP contribution in [-0.4, -0.2) is 59.7 Å². The lowest BCUT2D eigenvalue weighted by Crippen LogP contribution is -2.48. The highest BCUT2D eigenvalue weighted by atomic mass is 16.2. The van der Waals surface area contributed by atoms with Crippen LogP contribution < -0.4 is 5.32 Å². The largest absolute Gasteiger partial charge is 0.353 e. The smallest absolute Gasteiger partial charge is 0.261 e. The monoisotopic (exact) mass is 371 g/mol. The second-order valence-electron chi connectivity index (χ2n) is 8.50. The lowest BCUT2D eigenvalue weighted by Gasteiger charge is -2.33. The Bertz CT molecular complexity index is 695. The van der Waals surface area contributed by atoms with Crippen molar-refractivity contribution < 1.29 is 14.4 Å². The number of hydrogen-bond acceptors (Lipinski definition) is 4. The molecule has 0 bridgehead atoms. The van der Waals surface area contributed by atoms with Crippen molar-refractivity contribution in [1.82, 2.24) is 15.1 Å². The number of carbonyl (C=O) groups is 3. The van der Waals surface area contributed by atoms with E-state index in [4.69, 9.17) is 0 Å². The first-order chi connectivity index (χ1) is 12.8. The molecule has 27 heavy (non-hydrogen) atoms. The van der Waals surface area contributed by atoms with Crippen LogP contribution in [0.25, 0.3) is 0 Å². The van der Waals surface area contributed by atoms with Gasteiger partial charge in [-0.3, -0.25) is 19.3 Å². The van der Waals surface area contributed by atoms with Gasteiger partial charge in [-0.15, -0.1) is 0 Å². The van der Waals surface area contributed by atoms with E-state index < -0.39 is 0 Å². The van der Waals surface area contributed by atoms with Crippen LogP contribution in [0.2, 0.25) is 0 Å². The SMILES string of the molecule is CC(C)(C)C(=O)NC1CCN(CCCN2C(=O)c3ccccc3C2=O)CC1. The number of carbonyl (C=O) groups excluding carboxylic acids is 3. The molecule has 3 amide bonds. The van der Waals surface area contributed by atoms with Crippen molar-refractivity contribution in [2.45, 2.75) is 46.1 Å². The van der Waals surface area contributed by atoms with Crippen LogP contribution in [0.4, 0.5) is 0 Å². The molecule has 6 heteroatoms. The number of benzene rings is 1. The topological polar surface area (TPSA) is 69.7 Å². The van der Waals surface area contributed by atoms with E-state index in [1.165, 1.54) is 4.90 Å². The number of nitrogens with zero attached hydrogens (tertiary/aromatic N) is 2. The van der Waals surface area contributed by atoms with Crippen LogP contribution in [-0.2, 0) is 4.79 Å². The highest BCUT2D eigenvalue weighted by Crippen LogP contribution is 2.22. The fourth-order valence-electron chi connectivity index (χ4n) is 3.60. The summed E-state index contributed by atoms with van der Waals surface area (Å²) >= 11 is 0. The van der Waals surface area contributed by atoms with Gasteiger partial charge in [0, 0.05) is 31.1 Å². The standard InChI is InChI=1S/C21H29N3O3/c1-21(2,3)20(27)22-15-9-13-23(14-10-15)11-6-12-24-18(25)16-7-4-5-8-17(16)19(24)26/h4-5,7-8,15H,6,9-14H2,1-3H3,(H,22,27). The molecular weight excluding hydrogens is 342 g/mol. The second-order valence-corrected chi connectivity index (χ2v) is 8.50. The highest BCUT2D eigenvalue weighted by Gasteiger charge is 2.34. The van der Waals surface area contributed by atoms with Crippen LogP contribution in [0.3, 0.4) is 0 Å². The number of rotatable bonds is 5. The molecule has 1 aromatic carbocycles. The maximum Gasteiger partial charge on any atom is 0.261 e. The van der Waals surface area contributed by atoms with Crippen molar-refractivity contribution in [3.63, 3.8) is 0 Å².